The zero-order valence-corrected chi connectivity index (χ0v) is 17.5. The van der Waals surface area contributed by atoms with Crippen LogP contribution in [0.4, 0.5) is 0 Å². The smallest absolute Gasteiger partial charge is 0.0326 e. The second-order valence-corrected chi connectivity index (χ2v) is 9.69. The highest BCUT2D eigenvalue weighted by Crippen LogP contribution is 2.49. The third kappa shape index (κ3) is 5.25. The van der Waals surface area contributed by atoms with Gasteiger partial charge in [0.25, 0.3) is 0 Å². The van der Waals surface area contributed by atoms with Crippen LogP contribution in [0.25, 0.3) is 0 Å². The summed E-state index contributed by atoms with van der Waals surface area (Å²) in [4.78, 5) is 0. The number of unbranched alkanes of at least 4 members (excludes halogenated alkanes) is 1. The lowest BCUT2D eigenvalue weighted by Crippen LogP contribution is -2.38. The Bertz CT molecular complexity index is 325. The average Bonchev–Trinajstić information content (AvgIpc) is 2.59. The number of rotatable bonds is 8. The van der Waals surface area contributed by atoms with E-state index in [1.165, 1.54) is 77.0 Å². The molecule has 5 unspecified atom stereocenters. The average molecular weight is 335 g/mol. The summed E-state index contributed by atoms with van der Waals surface area (Å²) in [7, 11) is 0. The molecule has 0 heterocycles. The molecule has 2 rings (SSSR count). The quantitative estimate of drug-likeness (QED) is 0.420. The summed E-state index contributed by atoms with van der Waals surface area (Å²) < 4.78 is 0. The van der Waals surface area contributed by atoms with Crippen LogP contribution in [0.3, 0.4) is 0 Å². The summed E-state index contributed by atoms with van der Waals surface area (Å²) in [6, 6.07) is 0. The van der Waals surface area contributed by atoms with E-state index in [1.807, 2.05) is 0 Å². The highest BCUT2D eigenvalue weighted by molar-refractivity contribution is 4.89. The van der Waals surface area contributed by atoms with E-state index in [9.17, 15) is 0 Å². The van der Waals surface area contributed by atoms with Crippen LogP contribution in [-0.2, 0) is 0 Å². The Kier molecular flexibility index (Phi) is 8.65. The molecule has 0 N–H and O–H groups in total. The highest BCUT2D eigenvalue weighted by Gasteiger charge is 2.40. The lowest BCUT2D eigenvalue weighted by Gasteiger charge is -2.47. The summed E-state index contributed by atoms with van der Waals surface area (Å²) in [5, 5.41) is 0. The molecule has 0 nitrogen and oxygen atoms in total. The summed E-state index contributed by atoms with van der Waals surface area (Å²) >= 11 is 0. The lowest BCUT2D eigenvalue weighted by atomic mass is 9.59. The van der Waals surface area contributed by atoms with Gasteiger partial charge in [-0.1, -0.05) is 92.4 Å². The van der Waals surface area contributed by atoms with Crippen molar-refractivity contribution in [3.63, 3.8) is 0 Å². The minimum absolute atomic E-state index is 0.950. The van der Waals surface area contributed by atoms with Crippen LogP contribution in [0.2, 0.25) is 0 Å². The number of hydrogen-bond acceptors (Lipinski definition) is 0. The lowest BCUT2D eigenvalue weighted by molar-refractivity contribution is 0.0288. The van der Waals surface area contributed by atoms with Crippen LogP contribution in [0.5, 0.6) is 0 Å². The molecule has 0 saturated heterocycles. The van der Waals surface area contributed by atoms with Gasteiger partial charge in [-0.05, 0) is 60.7 Å². The van der Waals surface area contributed by atoms with E-state index in [0.29, 0.717) is 0 Å². The predicted octanol–water partition coefficient (Wildman–Crippen LogP) is 8.11. The second kappa shape index (κ2) is 10.2. The fourth-order valence-electron chi connectivity index (χ4n) is 6.38. The Morgan fingerprint density at radius 2 is 1.54 bits per heavy atom. The van der Waals surface area contributed by atoms with Crippen molar-refractivity contribution in [2.75, 3.05) is 0 Å². The predicted molar refractivity (Wildman–Crippen MR) is 108 cm³/mol. The van der Waals surface area contributed by atoms with Crippen LogP contribution in [-0.4, -0.2) is 0 Å². The molecule has 2 saturated carbocycles. The van der Waals surface area contributed by atoms with Gasteiger partial charge in [0.1, 0.15) is 0 Å². The van der Waals surface area contributed by atoms with Crippen LogP contribution in [0, 0.1) is 41.4 Å². The van der Waals surface area contributed by atoms with E-state index in [4.69, 9.17) is 0 Å². The molecular weight excluding hydrogens is 288 g/mol. The van der Waals surface area contributed by atoms with E-state index in [1.54, 1.807) is 0 Å². The van der Waals surface area contributed by atoms with Gasteiger partial charge in [0.15, 0.2) is 0 Å². The number of hydrogen-bond donors (Lipinski definition) is 0. The molecule has 142 valence electrons. The summed E-state index contributed by atoms with van der Waals surface area (Å²) in [5.74, 6) is 6.99. The molecule has 0 bridgehead atoms. The topological polar surface area (TPSA) is 0 Å². The van der Waals surface area contributed by atoms with Crippen molar-refractivity contribution in [1.29, 1.82) is 0 Å². The fourth-order valence-corrected chi connectivity index (χ4v) is 6.38. The largest absolute Gasteiger partial charge is 0.0654 e. The summed E-state index contributed by atoms with van der Waals surface area (Å²) in [6.45, 7) is 12.5. The molecule has 0 aromatic carbocycles. The molecule has 0 heteroatoms. The zero-order chi connectivity index (χ0) is 17.5. The molecular formula is C24H46. The van der Waals surface area contributed by atoms with Gasteiger partial charge >= 0.3 is 0 Å². The van der Waals surface area contributed by atoms with E-state index in [2.05, 4.69) is 34.6 Å². The molecule has 24 heavy (non-hydrogen) atoms. The molecule has 0 spiro atoms. The Morgan fingerprint density at radius 1 is 0.875 bits per heavy atom. The van der Waals surface area contributed by atoms with Gasteiger partial charge in [-0.2, -0.15) is 0 Å². The maximum absolute atomic E-state index is 2.66. The van der Waals surface area contributed by atoms with Gasteiger partial charge in [-0.3, -0.25) is 0 Å². The van der Waals surface area contributed by atoms with Gasteiger partial charge in [-0.15, -0.1) is 0 Å². The molecule has 0 aromatic rings. The molecule has 0 amide bonds. The van der Waals surface area contributed by atoms with Crippen molar-refractivity contribution in [2.45, 2.75) is 112 Å². The first-order valence-electron chi connectivity index (χ1n) is 11.6. The minimum atomic E-state index is 0.950. The first-order valence-corrected chi connectivity index (χ1v) is 11.6. The van der Waals surface area contributed by atoms with Gasteiger partial charge in [0, 0.05) is 0 Å². The fraction of sp³-hybridized carbons (Fsp3) is 1.00. The van der Waals surface area contributed by atoms with Crippen molar-refractivity contribution in [1.82, 2.24) is 0 Å². The Hall–Kier alpha value is 0. The van der Waals surface area contributed by atoms with Crippen molar-refractivity contribution in [3.8, 4) is 0 Å². The van der Waals surface area contributed by atoms with E-state index >= 15 is 0 Å². The van der Waals surface area contributed by atoms with Crippen molar-refractivity contribution < 1.29 is 0 Å². The molecule has 2 aliphatic rings. The Balaban J connectivity index is 2.13. The first-order chi connectivity index (χ1) is 11.6. The maximum atomic E-state index is 2.66. The van der Waals surface area contributed by atoms with Crippen molar-refractivity contribution in [3.05, 3.63) is 0 Å². The minimum Gasteiger partial charge on any atom is -0.0654 e. The van der Waals surface area contributed by atoms with Gasteiger partial charge in [0.2, 0.25) is 0 Å². The third-order valence-corrected chi connectivity index (χ3v) is 8.08. The molecule has 0 aliphatic heterocycles. The zero-order valence-electron chi connectivity index (χ0n) is 17.5. The van der Waals surface area contributed by atoms with E-state index < -0.39 is 0 Å². The van der Waals surface area contributed by atoms with Gasteiger partial charge < -0.3 is 0 Å². The van der Waals surface area contributed by atoms with Gasteiger partial charge in [-0.25, -0.2) is 0 Å². The Labute approximate surface area is 153 Å². The molecule has 2 aliphatic carbocycles. The second-order valence-electron chi connectivity index (χ2n) is 9.69. The molecule has 5 atom stereocenters. The standard InChI is InChI=1S/C24H46/c1-6-8-12-21(7-2)20(5)24(22-16-14-18(3)15-17-22)23-13-10-9-11-19(23)4/h18-24H,6-17H2,1-5H3. The Morgan fingerprint density at radius 3 is 2.12 bits per heavy atom. The van der Waals surface area contributed by atoms with E-state index in [0.717, 1.165) is 41.4 Å². The normalized spacial score (nSPS) is 35.4. The molecule has 2 fully saturated rings. The first kappa shape index (κ1) is 20.3. The van der Waals surface area contributed by atoms with Crippen LogP contribution in [0.15, 0.2) is 0 Å². The van der Waals surface area contributed by atoms with E-state index in [-0.39, 0.29) is 0 Å². The van der Waals surface area contributed by atoms with Crippen molar-refractivity contribution in [2.24, 2.45) is 41.4 Å². The SMILES string of the molecule is CCCCC(CC)C(C)C(C1CCC(C)CC1)C1CCCCC1C. The van der Waals surface area contributed by atoms with Crippen LogP contribution < -0.4 is 0 Å². The molecule has 0 aromatic heterocycles. The summed E-state index contributed by atoms with van der Waals surface area (Å²) in [6.07, 6.45) is 17.8. The molecule has 0 radical (unpaired) electrons. The summed E-state index contributed by atoms with van der Waals surface area (Å²) in [5.41, 5.74) is 0. The van der Waals surface area contributed by atoms with Crippen molar-refractivity contribution >= 4 is 0 Å². The third-order valence-electron chi connectivity index (χ3n) is 8.08. The highest BCUT2D eigenvalue weighted by atomic mass is 14.5. The van der Waals surface area contributed by atoms with Crippen LogP contribution >= 0.6 is 0 Å². The van der Waals surface area contributed by atoms with Crippen LogP contribution in [0.1, 0.15) is 112 Å². The maximum Gasteiger partial charge on any atom is -0.0326 e. The van der Waals surface area contributed by atoms with Gasteiger partial charge in [0.05, 0.1) is 0 Å². The monoisotopic (exact) mass is 334 g/mol.